The van der Waals surface area contributed by atoms with Crippen molar-refractivity contribution in [2.45, 2.75) is 36.2 Å². The van der Waals surface area contributed by atoms with Crippen molar-refractivity contribution in [3.8, 4) is 0 Å². The molecule has 0 bridgehead atoms. The van der Waals surface area contributed by atoms with Gasteiger partial charge in [-0.1, -0.05) is 0 Å². The Balaban J connectivity index is 2.71. The second kappa shape index (κ2) is 4.55. The molecule has 7 heteroatoms. The molecule has 0 spiro atoms. The molecule has 0 amide bonds. The Bertz CT molecular complexity index is 321. The van der Waals surface area contributed by atoms with E-state index >= 15 is 0 Å². The van der Waals surface area contributed by atoms with Crippen molar-refractivity contribution in [2.75, 3.05) is 12.8 Å². The van der Waals surface area contributed by atoms with Gasteiger partial charge in [0, 0.05) is 12.8 Å². The number of sulfone groups is 1. The van der Waals surface area contributed by atoms with Gasteiger partial charge in [0.05, 0.1) is 11.4 Å². The van der Waals surface area contributed by atoms with Crippen molar-refractivity contribution in [2.24, 2.45) is 0 Å². The summed E-state index contributed by atoms with van der Waals surface area (Å²) in [5.74, 6) is 0. The van der Waals surface area contributed by atoms with Gasteiger partial charge < -0.3 is 10.2 Å². The molecule has 0 aromatic heterocycles. The van der Waals surface area contributed by atoms with Crippen LogP contribution in [0.2, 0.25) is 0 Å². The van der Waals surface area contributed by atoms with Crippen molar-refractivity contribution in [1.82, 2.24) is 4.84 Å². The zero-order chi connectivity index (χ0) is 11.7. The topological polar surface area (TPSA) is 86.6 Å². The van der Waals surface area contributed by atoms with Gasteiger partial charge in [-0.25, -0.2) is 13.3 Å². The minimum atomic E-state index is -3.15. The molecule has 1 fully saturated rings. The maximum Gasteiger partial charge on any atom is 0.150 e. The maximum atomic E-state index is 11.3. The second-order valence-corrected chi connectivity index (χ2v) is 6.75. The van der Waals surface area contributed by atoms with Crippen LogP contribution in [0, 0.1) is 0 Å². The lowest BCUT2D eigenvalue weighted by Crippen LogP contribution is -2.54. The first kappa shape index (κ1) is 13.2. The van der Waals surface area contributed by atoms with Crippen molar-refractivity contribution >= 4 is 21.6 Å². The van der Waals surface area contributed by atoms with Gasteiger partial charge in [-0.2, -0.15) is 0 Å². The lowest BCUT2D eigenvalue weighted by molar-refractivity contribution is -0.0935. The summed E-state index contributed by atoms with van der Waals surface area (Å²) in [7, 11) is -3.15. The zero-order valence-electron chi connectivity index (χ0n) is 8.48. The van der Waals surface area contributed by atoms with E-state index in [-0.39, 0.29) is 19.4 Å². The summed E-state index contributed by atoms with van der Waals surface area (Å²) in [5.41, 5.74) is -1.32. The molecule has 0 heterocycles. The number of hydrogen-bond acceptors (Lipinski definition) is 5. The largest absolute Gasteiger partial charge is 0.390 e. The summed E-state index contributed by atoms with van der Waals surface area (Å²) in [4.78, 5) is 2.27. The van der Waals surface area contributed by atoms with Crippen LogP contribution in [0.25, 0.3) is 0 Å². The van der Waals surface area contributed by atoms with Crippen LogP contribution >= 0.6 is 11.8 Å². The van der Waals surface area contributed by atoms with Crippen molar-refractivity contribution in [3.05, 3.63) is 0 Å². The summed E-state index contributed by atoms with van der Waals surface area (Å²) >= 11 is 5.28. The molecular formula is C8H16ClNO4S. The lowest BCUT2D eigenvalue weighted by Gasteiger charge is -2.39. The van der Waals surface area contributed by atoms with Gasteiger partial charge in [-0.15, -0.1) is 0 Å². The third kappa shape index (κ3) is 3.04. The minimum absolute atomic E-state index is 0.0478. The third-order valence-electron chi connectivity index (χ3n) is 2.98. The van der Waals surface area contributed by atoms with Crippen LogP contribution in [0.1, 0.15) is 19.3 Å². The summed E-state index contributed by atoms with van der Waals surface area (Å²) in [5, 5.41) is 19.0. The molecule has 3 N–H and O–H groups in total. The number of rotatable bonds is 3. The molecule has 0 aromatic rings. The molecule has 15 heavy (non-hydrogen) atoms. The van der Waals surface area contributed by atoms with E-state index in [0.29, 0.717) is 6.42 Å². The van der Waals surface area contributed by atoms with Gasteiger partial charge >= 0.3 is 0 Å². The Morgan fingerprint density at radius 1 is 1.60 bits per heavy atom. The molecule has 1 aliphatic rings. The van der Waals surface area contributed by atoms with Gasteiger partial charge in [-0.05, 0) is 31.0 Å². The van der Waals surface area contributed by atoms with E-state index in [1.165, 1.54) is 0 Å². The lowest BCUT2D eigenvalue weighted by atomic mass is 9.82. The van der Waals surface area contributed by atoms with E-state index in [4.69, 9.17) is 11.8 Å². The molecule has 0 saturated heterocycles. The summed E-state index contributed by atoms with van der Waals surface area (Å²) < 4.78 is 22.5. The van der Waals surface area contributed by atoms with Crippen molar-refractivity contribution < 1.29 is 18.6 Å². The second-order valence-electron chi connectivity index (χ2n) is 4.16. The predicted molar refractivity (Wildman–Crippen MR) is 57.3 cm³/mol. The van der Waals surface area contributed by atoms with E-state index < -0.39 is 26.8 Å². The molecule has 1 aliphatic carbocycles. The van der Waals surface area contributed by atoms with E-state index in [1.54, 1.807) is 0 Å². The Hall–Kier alpha value is 0.120. The van der Waals surface area contributed by atoms with Crippen LogP contribution in [0.4, 0.5) is 0 Å². The summed E-state index contributed by atoms with van der Waals surface area (Å²) in [6.07, 6.45) is 0.733. The average Bonchev–Trinajstić information content (AvgIpc) is 2.08. The predicted octanol–water partition coefficient (Wildman–Crippen LogP) is -0.581. The first-order valence-corrected chi connectivity index (χ1v) is 7.05. The van der Waals surface area contributed by atoms with E-state index in [0.717, 1.165) is 6.26 Å². The Morgan fingerprint density at radius 2 is 2.20 bits per heavy atom. The van der Waals surface area contributed by atoms with Gasteiger partial charge in [-0.3, -0.25) is 0 Å². The Labute approximate surface area is 94.5 Å². The maximum absolute atomic E-state index is 11.3. The van der Waals surface area contributed by atoms with E-state index in [1.807, 2.05) is 0 Å². The summed E-state index contributed by atoms with van der Waals surface area (Å²) in [6.45, 7) is 0.0478. The van der Waals surface area contributed by atoms with Crippen LogP contribution in [0.5, 0.6) is 0 Å². The highest BCUT2D eigenvalue weighted by atomic mass is 35.5. The van der Waals surface area contributed by atoms with E-state index in [9.17, 15) is 18.6 Å². The quantitative estimate of drug-likeness (QED) is 0.589. The van der Waals surface area contributed by atoms with Crippen LogP contribution in [0.3, 0.4) is 0 Å². The molecule has 0 aromatic carbocycles. The number of halogens is 1. The molecule has 5 nitrogen and oxygen atoms in total. The number of aliphatic hydroxyl groups excluding tert-OH is 1. The van der Waals surface area contributed by atoms with Crippen LogP contribution in [0.15, 0.2) is 0 Å². The van der Waals surface area contributed by atoms with Gasteiger partial charge in [0.25, 0.3) is 0 Å². The van der Waals surface area contributed by atoms with Crippen LogP contribution < -0.4 is 4.84 Å². The van der Waals surface area contributed by atoms with Crippen LogP contribution in [-0.4, -0.2) is 48.4 Å². The number of nitrogens with one attached hydrogen (secondary N) is 1. The van der Waals surface area contributed by atoms with Gasteiger partial charge in [0.15, 0.2) is 0 Å². The highest BCUT2D eigenvalue weighted by molar-refractivity contribution is 7.91. The smallest absolute Gasteiger partial charge is 0.150 e. The molecule has 1 saturated carbocycles. The van der Waals surface area contributed by atoms with Crippen LogP contribution in [-0.2, 0) is 9.84 Å². The SMILES string of the molecule is CS(=O)(=O)[C@@H]1CC[C@@](O)(CNCl)[C@H](O)C1. The third-order valence-corrected chi connectivity index (χ3v) is 4.76. The fourth-order valence-corrected chi connectivity index (χ4v) is 3.18. The molecular weight excluding hydrogens is 242 g/mol. The molecule has 0 aliphatic heterocycles. The normalized spacial score (nSPS) is 37.9. The monoisotopic (exact) mass is 257 g/mol. The van der Waals surface area contributed by atoms with Crippen molar-refractivity contribution in [1.29, 1.82) is 0 Å². The molecule has 90 valence electrons. The molecule has 0 radical (unpaired) electrons. The Morgan fingerprint density at radius 3 is 2.60 bits per heavy atom. The van der Waals surface area contributed by atoms with Gasteiger partial charge in [0.1, 0.15) is 15.4 Å². The zero-order valence-corrected chi connectivity index (χ0v) is 10.1. The molecule has 1 rings (SSSR count). The highest BCUT2D eigenvalue weighted by Crippen LogP contribution is 2.31. The number of hydrogen-bond donors (Lipinski definition) is 3. The first-order valence-electron chi connectivity index (χ1n) is 4.72. The minimum Gasteiger partial charge on any atom is -0.390 e. The summed E-state index contributed by atoms with van der Waals surface area (Å²) in [6, 6.07) is 0. The number of aliphatic hydroxyl groups is 2. The van der Waals surface area contributed by atoms with E-state index in [2.05, 4.69) is 4.84 Å². The first-order chi connectivity index (χ1) is 6.79. The fourth-order valence-electron chi connectivity index (χ4n) is 1.87. The highest BCUT2D eigenvalue weighted by Gasteiger charge is 2.43. The Kier molecular flexibility index (Phi) is 4.00. The average molecular weight is 258 g/mol. The fraction of sp³-hybridized carbons (Fsp3) is 1.00. The van der Waals surface area contributed by atoms with Crippen molar-refractivity contribution in [3.63, 3.8) is 0 Å². The standard InChI is InChI=1S/C8H16ClNO4S/c1-15(13,14)6-2-3-8(12,5-10-9)7(11)4-6/h6-7,10-12H,2-5H2,1H3/t6-,7-,8-/m1/s1. The molecule has 0 unspecified atom stereocenters. The van der Waals surface area contributed by atoms with Gasteiger partial charge in [0.2, 0.25) is 0 Å². The molecule has 3 atom stereocenters.